The Morgan fingerprint density at radius 2 is 1.16 bits per heavy atom. The van der Waals surface area contributed by atoms with Gasteiger partial charge in [0.1, 0.15) is 0 Å². The first-order valence-corrected chi connectivity index (χ1v) is 6.04. The van der Waals surface area contributed by atoms with E-state index in [2.05, 4.69) is 52.9 Å². The van der Waals surface area contributed by atoms with Crippen LogP contribution in [0.2, 0.25) is 0 Å². The summed E-state index contributed by atoms with van der Waals surface area (Å²) in [7, 11) is 0. The van der Waals surface area contributed by atoms with Crippen molar-refractivity contribution >= 4 is 12.3 Å². The number of allylic oxidation sites excluding steroid dienone is 4. The second kappa shape index (κ2) is 7.94. The summed E-state index contributed by atoms with van der Waals surface area (Å²) in [6, 6.07) is 0. The van der Waals surface area contributed by atoms with Gasteiger partial charge in [0.25, 0.3) is 0 Å². The maximum absolute atomic E-state index is 8.56. The summed E-state index contributed by atoms with van der Waals surface area (Å²) in [5.41, 5.74) is 4.68. The van der Waals surface area contributed by atoms with Gasteiger partial charge in [-0.1, -0.05) is 0 Å². The third-order valence-corrected chi connectivity index (χ3v) is 4.53. The van der Waals surface area contributed by atoms with Crippen LogP contribution in [0, 0.1) is 5.41 Å². The van der Waals surface area contributed by atoms with E-state index >= 15 is 0 Å². The quantitative estimate of drug-likeness (QED) is 0.489. The van der Waals surface area contributed by atoms with Crippen molar-refractivity contribution in [3.8, 4) is 0 Å². The van der Waals surface area contributed by atoms with Gasteiger partial charge in [-0.25, -0.2) is 9.59 Å². The predicted molar refractivity (Wildman–Crippen MR) is 66.2 cm³/mol. The topological polar surface area (TPSA) is 115 Å². The first-order chi connectivity index (χ1) is 8.35. The standard InChI is InChI=1S/C10H15.2CH2O3.Rh/c1-7-6-10(4,5)9(3)8(7)2;2*2-1(3)4;/h1-5H3;2*(H2,2,3,4);. The fourth-order valence-electron chi connectivity index (χ4n) is 1.53. The SMILES string of the molecule is CC1=C(C)C(C)(C)[C]([Rh])=C1C.O=C(O)O.O=C(O)O. The third-order valence-electron chi connectivity index (χ3n) is 2.90. The largest absolute Gasteiger partial charge is 0.503 e. The average Bonchev–Trinajstić information content (AvgIpc) is 2.33. The average molecular weight is 362 g/mol. The van der Waals surface area contributed by atoms with Crippen LogP contribution in [-0.4, -0.2) is 32.7 Å². The van der Waals surface area contributed by atoms with Gasteiger partial charge in [-0.05, 0) is 0 Å². The van der Waals surface area contributed by atoms with Crippen molar-refractivity contribution in [1.82, 2.24) is 0 Å². The van der Waals surface area contributed by atoms with Crippen LogP contribution < -0.4 is 0 Å². The maximum atomic E-state index is 8.56. The van der Waals surface area contributed by atoms with E-state index in [0.29, 0.717) is 0 Å². The number of hydrogen-bond donors (Lipinski definition) is 4. The van der Waals surface area contributed by atoms with Crippen molar-refractivity contribution in [2.24, 2.45) is 5.41 Å². The molecule has 0 radical (unpaired) electrons. The third kappa shape index (κ3) is 6.96. The van der Waals surface area contributed by atoms with Crippen LogP contribution in [0.1, 0.15) is 34.6 Å². The Balaban J connectivity index is 0. The molecule has 0 aliphatic heterocycles. The van der Waals surface area contributed by atoms with Crippen LogP contribution >= 0.6 is 0 Å². The Morgan fingerprint density at radius 1 is 0.895 bits per heavy atom. The second-order valence-corrected chi connectivity index (χ2v) is 5.18. The first-order valence-electron chi connectivity index (χ1n) is 5.22. The zero-order valence-electron chi connectivity index (χ0n) is 11.4. The van der Waals surface area contributed by atoms with Crippen LogP contribution in [0.4, 0.5) is 9.59 Å². The van der Waals surface area contributed by atoms with Crippen LogP contribution in [0.3, 0.4) is 0 Å². The van der Waals surface area contributed by atoms with Gasteiger partial charge < -0.3 is 20.4 Å². The maximum Gasteiger partial charge on any atom is 0.503 e. The smallest absolute Gasteiger partial charge is 0.450 e. The van der Waals surface area contributed by atoms with Gasteiger partial charge in [0.05, 0.1) is 0 Å². The molecule has 7 heteroatoms. The molecule has 0 unspecified atom stereocenters. The predicted octanol–water partition coefficient (Wildman–Crippen LogP) is 3.63. The number of carboxylic acid groups (broad SMARTS) is 4. The van der Waals surface area contributed by atoms with Gasteiger partial charge in [-0.2, -0.15) is 0 Å². The molecule has 1 aliphatic carbocycles. The monoisotopic (exact) mass is 362 g/mol. The molecule has 0 aromatic carbocycles. The van der Waals surface area contributed by atoms with E-state index in [4.69, 9.17) is 30.0 Å². The van der Waals surface area contributed by atoms with Crippen molar-refractivity contribution in [3.05, 3.63) is 20.9 Å². The number of rotatable bonds is 0. The van der Waals surface area contributed by atoms with Gasteiger partial charge >= 0.3 is 91.5 Å². The van der Waals surface area contributed by atoms with Crippen molar-refractivity contribution in [1.29, 1.82) is 0 Å². The van der Waals surface area contributed by atoms with Crippen molar-refractivity contribution in [2.45, 2.75) is 34.6 Å². The second-order valence-electron chi connectivity index (χ2n) is 4.36. The molecule has 1 aliphatic rings. The summed E-state index contributed by atoms with van der Waals surface area (Å²) in [6.07, 6.45) is -3.67. The van der Waals surface area contributed by atoms with Gasteiger partial charge in [-0.3, -0.25) is 0 Å². The molecule has 0 saturated heterocycles. The van der Waals surface area contributed by atoms with E-state index in [1.54, 1.807) is 0 Å². The minimum absolute atomic E-state index is 0.265. The fourth-order valence-corrected chi connectivity index (χ4v) is 2.15. The van der Waals surface area contributed by atoms with Gasteiger partial charge in [-0.15, -0.1) is 0 Å². The summed E-state index contributed by atoms with van der Waals surface area (Å²) in [4.78, 5) is 17.1. The molecule has 19 heavy (non-hydrogen) atoms. The van der Waals surface area contributed by atoms with Crippen molar-refractivity contribution in [3.63, 3.8) is 0 Å². The first kappa shape index (κ1) is 20.0. The van der Waals surface area contributed by atoms with Gasteiger partial charge in [0, 0.05) is 0 Å². The summed E-state index contributed by atoms with van der Waals surface area (Å²) in [6.45, 7) is 11.2. The number of hydrogen-bond acceptors (Lipinski definition) is 2. The molecule has 0 fully saturated rings. The minimum atomic E-state index is -1.83. The molecule has 0 atom stereocenters. The molecule has 4 N–H and O–H groups in total. The van der Waals surface area contributed by atoms with Gasteiger partial charge in [0.15, 0.2) is 0 Å². The molecule has 0 amide bonds. The minimum Gasteiger partial charge on any atom is -0.450 e. The van der Waals surface area contributed by atoms with Crippen LogP contribution in [0.15, 0.2) is 20.9 Å². The molecule has 6 nitrogen and oxygen atoms in total. The van der Waals surface area contributed by atoms with Crippen LogP contribution in [0.25, 0.3) is 0 Å². The molecular formula is C12H19O6Rh. The van der Waals surface area contributed by atoms with E-state index in [9.17, 15) is 0 Å². The molecule has 112 valence electrons. The van der Waals surface area contributed by atoms with E-state index in [1.807, 2.05) is 0 Å². The molecule has 0 aromatic heterocycles. The van der Waals surface area contributed by atoms with E-state index in [0.717, 1.165) is 0 Å². The van der Waals surface area contributed by atoms with E-state index in [1.165, 1.54) is 20.9 Å². The Morgan fingerprint density at radius 3 is 1.21 bits per heavy atom. The summed E-state index contributed by atoms with van der Waals surface area (Å²) in [5, 5.41) is 27.9. The molecule has 0 saturated carbocycles. The number of carbonyl (C=O) groups is 2. The van der Waals surface area contributed by atoms with Crippen LogP contribution in [0.5, 0.6) is 0 Å². The Bertz CT molecular complexity index is 374. The zero-order chi connectivity index (χ0) is 16.0. The summed E-state index contributed by atoms with van der Waals surface area (Å²) < 4.78 is 1.42. The molecule has 0 spiro atoms. The molecular weight excluding hydrogens is 343 g/mol. The summed E-state index contributed by atoms with van der Waals surface area (Å²) >= 11 is 3.07. The zero-order valence-corrected chi connectivity index (χ0v) is 13.1. The molecule has 0 heterocycles. The Kier molecular flexibility index (Phi) is 8.35. The normalized spacial score (nSPS) is 16.2. The molecule has 1 rings (SSSR count). The van der Waals surface area contributed by atoms with E-state index in [-0.39, 0.29) is 5.41 Å². The Hall–Kier alpha value is -1.36. The van der Waals surface area contributed by atoms with Crippen molar-refractivity contribution in [2.75, 3.05) is 0 Å². The van der Waals surface area contributed by atoms with Gasteiger partial charge in [0.2, 0.25) is 0 Å². The Labute approximate surface area is 122 Å². The van der Waals surface area contributed by atoms with Crippen molar-refractivity contribution < 1.29 is 48.3 Å². The molecule has 0 aromatic rings. The molecule has 0 bridgehead atoms. The van der Waals surface area contributed by atoms with E-state index < -0.39 is 12.3 Å². The van der Waals surface area contributed by atoms with Crippen LogP contribution in [-0.2, 0) is 18.3 Å². The summed E-state index contributed by atoms with van der Waals surface area (Å²) in [5.74, 6) is 0. The fraction of sp³-hybridized carbons (Fsp3) is 0.500.